The molecule has 5 nitrogen and oxygen atoms in total. The number of hydrogen-bond donors (Lipinski definition) is 2. The number of rotatable bonds is 3. The summed E-state index contributed by atoms with van der Waals surface area (Å²) in [4.78, 5) is 13.7. The van der Waals surface area contributed by atoms with Crippen LogP contribution in [0.25, 0.3) is 0 Å². The van der Waals surface area contributed by atoms with Gasteiger partial charge < -0.3 is 9.64 Å². The highest BCUT2D eigenvalue weighted by atomic mass is 19.1. The van der Waals surface area contributed by atoms with Gasteiger partial charge in [-0.1, -0.05) is 0 Å². The monoisotopic (exact) mass is 327 g/mol. The summed E-state index contributed by atoms with van der Waals surface area (Å²) in [7, 11) is 0. The maximum Gasteiger partial charge on any atom is 0.410 e. The Morgan fingerprint density at radius 3 is 2.48 bits per heavy atom. The van der Waals surface area contributed by atoms with E-state index in [4.69, 9.17) is 10.6 Å². The number of nitrogens with two attached hydrogens (primary N) is 1. The van der Waals surface area contributed by atoms with Gasteiger partial charge in [-0.05, 0) is 50.8 Å². The molecule has 128 valence electrons. The number of carbonyl (C=O) groups is 1. The first-order valence-corrected chi connectivity index (χ1v) is 7.59. The van der Waals surface area contributed by atoms with Crippen molar-refractivity contribution in [3.63, 3.8) is 0 Å². The summed E-state index contributed by atoms with van der Waals surface area (Å²) < 4.78 is 32.2. The molecule has 1 aromatic rings. The molecule has 0 bridgehead atoms. The van der Waals surface area contributed by atoms with Crippen LogP contribution in [0, 0.1) is 17.6 Å². The number of likely N-dealkylation sites (tertiary alicyclic amines) is 1. The largest absolute Gasteiger partial charge is 0.444 e. The predicted octanol–water partition coefficient (Wildman–Crippen LogP) is 2.73. The highest BCUT2D eigenvalue weighted by Gasteiger charge is 2.34. The van der Waals surface area contributed by atoms with Crippen LogP contribution in [0.5, 0.6) is 0 Å². The van der Waals surface area contributed by atoms with E-state index in [1.165, 1.54) is 12.1 Å². The molecule has 23 heavy (non-hydrogen) atoms. The molecule has 0 radical (unpaired) electrons. The van der Waals surface area contributed by atoms with Gasteiger partial charge in [0.1, 0.15) is 17.2 Å². The van der Waals surface area contributed by atoms with E-state index in [0.29, 0.717) is 25.1 Å². The molecule has 0 saturated carbocycles. The minimum absolute atomic E-state index is 0.0475. The standard InChI is InChI=1S/C16H23F2N3O2/c1-16(2,3)23-15(22)21-5-4-10(9-21)14(20-19)11-6-12(17)8-13(18)7-11/h6-8,10,14,20H,4-5,9,19H2,1-3H3. The molecule has 0 aromatic heterocycles. The van der Waals surface area contributed by atoms with Gasteiger partial charge in [0, 0.05) is 19.2 Å². The zero-order valence-electron chi connectivity index (χ0n) is 13.6. The molecule has 1 aliphatic rings. The van der Waals surface area contributed by atoms with E-state index < -0.39 is 23.3 Å². The van der Waals surface area contributed by atoms with Gasteiger partial charge in [0.25, 0.3) is 0 Å². The van der Waals surface area contributed by atoms with Gasteiger partial charge in [-0.25, -0.2) is 13.6 Å². The van der Waals surface area contributed by atoms with Crippen LogP contribution in [0.1, 0.15) is 38.8 Å². The molecular formula is C16H23F2N3O2. The molecule has 2 unspecified atom stereocenters. The van der Waals surface area contributed by atoms with Crippen molar-refractivity contribution < 1.29 is 18.3 Å². The Labute approximate surface area is 134 Å². The van der Waals surface area contributed by atoms with Crippen molar-refractivity contribution >= 4 is 6.09 Å². The zero-order chi connectivity index (χ0) is 17.2. The highest BCUT2D eigenvalue weighted by Crippen LogP contribution is 2.31. The molecule has 1 amide bonds. The number of amides is 1. The van der Waals surface area contributed by atoms with Crippen LogP contribution in [0.4, 0.5) is 13.6 Å². The lowest BCUT2D eigenvalue weighted by molar-refractivity contribution is 0.0285. The van der Waals surface area contributed by atoms with E-state index in [9.17, 15) is 13.6 Å². The predicted molar refractivity (Wildman–Crippen MR) is 82.3 cm³/mol. The second kappa shape index (κ2) is 6.80. The number of nitrogens with zero attached hydrogens (tertiary/aromatic N) is 1. The quantitative estimate of drug-likeness (QED) is 0.662. The molecule has 1 fully saturated rings. The molecule has 1 aliphatic heterocycles. The molecule has 0 spiro atoms. The Morgan fingerprint density at radius 2 is 1.96 bits per heavy atom. The maximum atomic E-state index is 13.4. The van der Waals surface area contributed by atoms with Crippen LogP contribution < -0.4 is 11.3 Å². The number of ether oxygens (including phenoxy) is 1. The van der Waals surface area contributed by atoms with Crippen molar-refractivity contribution in [3.8, 4) is 0 Å². The molecule has 7 heteroatoms. The average molecular weight is 327 g/mol. The Bertz CT molecular complexity index is 555. The summed E-state index contributed by atoms with van der Waals surface area (Å²) >= 11 is 0. The molecule has 2 atom stereocenters. The van der Waals surface area contributed by atoms with E-state index in [1.807, 2.05) is 0 Å². The van der Waals surface area contributed by atoms with Gasteiger partial charge >= 0.3 is 6.09 Å². The number of benzene rings is 1. The molecule has 1 aromatic carbocycles. The minimum Gasteiger partial charge on any atom is -0.444 e. The molecule has 2 rings (SSSR count). The fraction of sp³-hybridized carbons (Fsp3) is 0.562. The van der Waals surface area contributed by atoms with Crippen LogP contribution in [0.2, 0.25) is 0 Å². The van der Waals surface area contributed by atoms with Crippen molar-refractivity contribution in [1.29, 1.82) is 0 Å². The fourth-order valence-electron chi connectivity index (χ4n) is 2.81. The molecule has 3 N–H and O–H groups in total. The van der Waals surface area contributed by atoms with E-state index >= 15 is 0 Å². The van der Waals surface area contributed by atoms with E-state index in [0.717, 1.165) is 6.07 Å². The first-order valence-electron chi connectivity index (χ1n) is 7.59. The van der Waals surface area contributed by atoms with Crippen LogP contribution >= 0.6 is 0 Å². The number of nitrogens with one attached hydrogen (secondary N) is 1. The Balaban J connectivity index is 2.08. The van der Waals surface area contributed by atoms with E-state index in [-0.39, 0.29) is 12.0 Å². The van der Waals surface area contributed by atoms with E-state index in [1.54, 1.807) is 25.7 Å². The van der Waals surface area contributed by atoms with Gasteiger partial charge in [0.15, 0.2) is 0 Å². The topological polar surface area (TPSA) is 67.6 Å². The number of halogens is 2. The van der Waals surface area contributed by atoms with Crippen molar-refractivity contribution in [2.24, 2.45) is 11.8 Å². The molecule has 1 saturated heterocycles. The number of hydrazine groups is 1. The van der Waals surface area contributed by atoms with Crippen LogP contribution in [-0.2, 0) is 4.74 Å². The third-order valence-corrected chi connectivity index (χ3v) is 3.77. The summed E-state index contributed by atoms with van der Waals surface area (Å²) in [6.45, 7) is 6.35. The summed E-state index contributed by atoms with van der Waals surface area (Å²) in [6.07, 6.45) is 0.285. The second-order valence-electron chi connectivity index (χ2n) is 6.82. The maximum absolute atomic E-state index is 13.4. The molecule has 0 aliphatic carbocycles. The lowest BCUT2D eigenvalue weighted by Gasteiger charge is -2.26. The third kappa shape index (κ3) is 4.62. The second-order valence-corrected chi connectivity index (χ2v) is 6.82. The average Bonchev–Trinajstić information content (AvgIpc) is 2.86. The summed E-state index contributed by atoms with van der Waals surface area (Å²) in [5, 5.41) is 0. The molecule has 1 heterocycles. The Morgan fingerprint density at radius 1 is 1.35 bits per heavy atom. The zero-order valence-corrected chi connectivity index (χ0v) is 13.6. The summed E-state index contributed by atoms with van der Waals surface area (Å²) in [5.41, 5.74) is 2.48. The van der Waals surface area contributed by atoms with Crippen LogP contribution in [0.15, 0.2) is 18.2 Å². The van der Waals surface area contributed by atoms with Gasteiger partial charge in [-0.2, -0.15) is 0 Å². The normalized spacial score (nSPS) is 19.7. The van der Waals surface area contributed by atoms with Crippen molar-refractivity contribution in [2.45, 2.75) is 38.8 Å². The summed E-state index contributed by atoms with van der Waals surface area (Å²) in [6, 6.07) is 2.89. The number of carbonyl (C=O) groups excluding carboxylic acids is 1. The lowest BCUT2D eigenvalue weighted by Crippen LogP contribution is -2.38. The summed E-state index contributed by atoms with van der Waals surface area (Å²) in [5.74, 6) is 4.23. The Kier molecular flexibility index (Phi) is 5.21. The SMILES string of the molecule is CC(C)(C)OC(=O)N1CCC(C(NN)c2cc(F)cc(F)c2)C1. The van der Waals surface area contributed by atoms with Gasteiger partial charge in [0.2, 0.25) is 0 Å². The minimum atomic E-state index is -0.651. The number of hydrogen-bond acceptors (Lipinski definition) is 4. The highest BCUT2D eigenvalue weighted by molar-refractivity contribution is 5.68. The fourth-order valence-corrected chi connectivity index (χ4v) is 2.81. The van der Waals surface area contributed by atoms with Crippen molar-refractivity contribution in [1.82, 2.24) is 10.3 Å². The third-order valence-electron chi connectivity index (χ3n) is 3.77. The van der Waals surface area contributed by atoms with Gasteiger partial charge in [-0.15, -0.1) is 0 Å². The van der Waals surface area contributed by atoms with Crippen molar-refractivity contribution in [2.75, 3.05) is 13.1 Å². The van der Waals surface area contributed by atoms with Crippen LogP contribution in [0.3, 0.4) is 0 Å². The van der Waals surface area contributed by atoms with Gasteiger partial charge in [-0.3, -0.25) is 11.3 Å². The smallest absolute Gasteiger partial charge is 0.410 e. The Hall–Kier alpha value is -1.73. The lowest BCUT2D eigenvalue weighted by atomic mass is 9.92. The first kappa shape index (κ1) is 17.6. The molecular weight excluding hydrogens is 304 g/mol. The van der Waals surface area contributed by atoms with E-state index in [2.05, 4.69) is 5.43 Å². The van der Waals surface area contributed by atoms with Crippen LogP contribution in [-0.4, -0.2) is 29.7 Å². The van der Waals surface area contributed by atoms with Crippen molar-refractivity contribution in [3.05, 3.63) is 35.4 Å². The van der Waals surface area contributed by atoms with Gasteiger partial charge in [0.05, 0.1) is 6.04 Å². The first-order chi connectivity index (χ1) is 10.7.